The van der Waals surface area contributed by atoms with Crippen molar-refractivity contribution < 1.29 is 19.2 Å². The number of hydrogen-bond acceptors (Lipinski definition) is 5. The highest BCUT2D eigenvalue weighted by atomic mass is 16.6. The summed E-state index contributed by atoms with van der Waals surface area (Å²) in [5.41, 5.74) is 1.64. The zero-order valence-electron chi connectivity index (χ0n) is 13.8. The Morgan fingerprint density at radius 3 is 2.29 bits per heavy atom. The second-order valence-corrected chi connectivity index (χ2v) is 5.69. The van der Waals surface area contributed by atoms with Gasteiger partial charge in [0.1, 0.15) is 11.5 Å². The Kier molecular flexibility index (Phi) is 5.52. The maximum atomic E-state index is 11.8. The molecule has 6 nitrogen and oxygen atoms in total. The largest absolute Gasteiger partial charge is 0.482 e. The number of benzene rings is 2. The van der Waals surface area contributed by atoms with Gasteiger partial charge in [-0.2, -0.15) is 0 Å². The van der Waals surface area contributed by atoms with Crippen LogP contribution in [0.15, 0.2) is 42.5 Å². The third-order valence-electron chi connectivity index (χ3n) is 3.50. The van der Waals surface area contributed by atoms with Crippen molar-refractivity contribution >= 4 is 11.7 Å². The molecular weight excluding hydrogens is 310 g/mol. The fraction of sp³-hybridized carbons (Fsp3) is 0.278. The number of nitro benzene ring substituents is 1. The lowest BCUT2D eigenvalue weighted by atomic mass is 10.0. The van der Waals surface area contributed by atoms with Crippen molar-refractivity contribution in [2.45, 2.75) is 26.7 Å². The molecule has 2 aromatic carbocycles. The van der Waals surface area contributed by atoms with Crippen LogP contribution in [-0.4, -0.2) is 17.5 Å². The van der Waals surface area contributed by atoms with E-state index in [1.165, 1.54) is 18.2 Å². The number of hydrogen-bond donors (Lipinski definition) is 0. The van der Waals surface area contributed by atoms with Gasteiger partial charge < -0.3 is 9.47 Å². The van der Waals surface area contributed by atoms with Gasteiger partial charge in [0.05, 0.1) is 4.92 Å². The molecule has 0 radical (unpaired) electrons. The minimum Gasteiger partial charge on any atom is -0.482 e. The van der Waals surface area contributed by atoms with Crippen LogP contribution in [-0.2, 0) is 4.79 Å². The number of aryl methyl sites for hydroxylation is 1. The molecule has 6 heteroatoms. The highest BCUT2D eigenvalue weighted by molar-refractivity contribution is 5.74. The average Bonchev–Trinajstić information content (AvgIpc) is 2.53. The van der Waals surface area contributed by atoms with E-state index in [9.17, 15) is 14.9 Å². The number of rotatable bonds is 6. The lowest BCUT2D eigenvalue weighted by Gasteiger charge is -2.09. The van der Waals surface area contributed by atoms with E-state index in [-0.39, 0.29) is 12.3 Å². The van der Waals surface area contributed by atoms with Crippen molar-refractivity contribution in [1.29, 1.82) is 0 Å². The number of carbonyl (C=O) groups excluding carboxylic acids is 1. The normalized spacial score (nSPS) is 10.5. The zero-order valence-corrected chi connectivity index (χ0v) is 13.8. The van der Waals surface area contributed by atoms with Crippen LogP contribution in [0, 0.1) is 17.0 Å². The molecule has 0 aliphatic rings. The molecule has 126 valence electrons. The minimum atomic E-state index is -0.539. The first-order chi connectivity index (χ1) is 11.4. The average molecular weight is 329 g/mol. The second-order valence-electron chi connectivity index (χ2n) is 5.69. The number of nitrogens with zero attached hydrogens (tertiary/aromatic N) is 1. The fourth-order valence-corrected chi connectivity index (χ4v) is 2.15. The topological polar surface area (TPSA) is 78.7 Å². The molecule has 0 N–H and O–H groups in total. The van der Waals surface area contributed by atoms with E-state index in [4.69, 9.17) is 9.47 Å². The molecule has 0 heterocycles. The van der Waals surface area contributed by atoms with Crippen molar-refractivity contribution in [3.63, 3.8) is 0 Å². The third kappa shape index (κ3) is 4.55. The first-order valence-electron chi connectivity index (χ1n) is 7.55. The van der Waals surface area contributed by atoms with Gasteiger partial charge in [-0.15, -0.1) is 0 Å². The molecule has 0 amide bonds. The van der Waals surface area contributed by atoms with Crippen molar-refractivity contribution in [3.05, 3.63) is 63.7 Å². The van der Waals surface area contributed by atoms with Gasteiger partial charge in [0.2, 0.25) is 0 Å². The first kappa shape index (κ1) is 17.5. The third-order valence-corrected chi connectivity index (χ3v) is 3.50. The van der Waals surface area contributed by atoms with Gasteiger partial charge >= 0.3 is 5.97 Å². The van der Waals surface area contributed by atoms with E-state index in [0.717, 1.165) is 5.56 Å². The summed E-state index contributed by atoms with van der Waals surface area (Å²) >= 11 is 0. The molecule has 0 saturated carbocycles. The van der Waals surface area contributed by atoms with Gasteiger partial charge in [0.15, 0.2) is 6.61 Å². The Hall–Kier alpha value is -2.89. The monoisotopic (exact) mass is 329 g/mol. The van der Waals surface area contributed by atoms with Crippen LogP contribution in [0.5, 0.6) is 11.5 Å². The number of nitro groups is 1. The quantitative estimate of drug-likeness (QED) is 0.346. The van der Waals surface area contributed by atoms with Crippen molar-refractivity contribution in [1.82, 2.24) is 0 Å². The lowest BCUT2D eigenvalue weighted by Crippen LogP contribution is -2.17. The molecule has 0 spiro atoms. The van der Waals surface area contributed by atoms with E-state index in [0.29, 0.717) is 23.0 Å². The molecule has 0 bridgehead atoms. The Labute approximate surface area is 140 Å². The zero-order chi connectivity index (χ0) is 17.7. The molecule has 0 aliphatic carbocycles. The highest BCUT2D eigenvalue weighted by Crippen LogP contribution is 2.23. The smallest absolute Gasteiger partial charge is 0.349 e. The Morgan fingerprint density at radius 2 is 1.75 bits per heavy atom. The van der Waals surface area contributed by atoms with Gasteiger partial charge in [-0.3, -0.25) is 10.1 Å². The summed E-state index contributed by atoms with van der Waals surface area (Å²) in [5, 5.41) is 10.8. The van der Waals surface area contributed by atoms with Crippen LogP contribution < -0.4 is 9.47 Å². The molecule has 0 aromatic heterocycles. The predicted molar refractivity (Wildman–Crippen MR) is 89.5 cm³/mol. The van der Waals surface area contributed by atoms with Gasteiger partial charge in [-0.25, -0.2) is 4.79 Å². The first-order valence-corrected chi connectivity index (χ1v) is 7.55. The SMILES string of the molecule is Cc1cc(OCC(=O)Oc2ccc(C(C)C)cc2)ccc1[N+](=O)[O-]. The molecule has 0 aliphatic heterocycles. The van der Waals surface area contributed by atoms with Crippen molar-refractivity contribution in [2.75, 3.05) is 6.61 Å². The fourth-order valence-electron chi connectivity index (χ4n) is 2.15. The summed E-state index contributed by atoms with van der Waals surface area (Å²) in [4.78, 5) is 22.1. The Balaban J connectivity index is 1.91. The maximum Gasteiger partial charge on any atom is 0.349 e. The molecule has 2 aromatic rings. The van der Waals surface area contributed by atoms with Crippen LogP contribution >= 0.6 is 0 Å². The molecule has 0 unspecified atom stereocenters. The van der Waals surface area contributed by atoms with Gasteiger partial charge in [0.25, 0.3) is 5.69 Å². The molecule has 0 saturated heterocycles. The summed E-state index contributed by atoms with van der Waals surface area (Å²) < 4.78 is 10.5. The standard InChI is InChI=1S/C18H19NO5/c1-12(2)14-4-6-15(7-5-14)24-18(20)11-23-16-8-9-17(19(21)22)13(3)10-16/h4-10,12H,11H2,1-3H3. The van der Waals surface area contributed by atoms with Gasteiger partial charge in [-0.1, -0.05) is 26.0 Å². The summed E-state index contributed by atoms with van der Waals surface area (Å²) in [6.45, 7) is 5.50. The number of ether oxygens (including phenoxy) is 2. The van der Waals surface area contributed by atoms with E-state index in [1.54, 1.807) is 19.1 Å². The summed E-state index contributed by atoms with van der Waals surface area (Å²) in [5.74, 6) is 0.699. The van der Waals surface area contributed by atoms with E-state index >= 15 is 0 Å². The second kappa shape index (κ2) is 7.59. The number of esters is 1. The number of carbonyl (C=O) groups is 1. The van der Waals surface area contributed by atoms with Crippen molar-refractivity contribution in [2.24, 2.45) is 0 Å². The summed E-state index contributed by atoms with van der Waals surface area (Å²) in [6, 6.07) is 11.6. The Morgan fingerprint density at radius 1 is 1.12 bits per heavy atom. The van der Waals surface area contributed by atoms with Gasteiger partial charge in [-0.05, 0) is 42.7 Å². The van der Waals surface area contributed by atoms with E-state index < -0.39 is 10.9 Å². The lowest BCUT2D eigenvalue weighted by molar-refractivity contribution is -0.385. The summed E-state index contributed by atoms with van der Waals surface area (Å²) in [6.07, 6.45) is 0. The molecular formula is C18H19NO5. The molecule has 0 atom stereocenters. The predicted octanol–water partition coefficient (Wildman–Crippen LogP) is 4.01. The van der Waals surface area contributed by atoms with E-state index in [1.807, 2.05) is 12.1 Å². The van der Waals surface area contributed by atoms with Crippen LogP contribution in [0.25, 0.3) is 0 Å². The van der Waals surface area contributed by atoms with Crippen LogP contribution in [0.1, 0.15) is 30.9 Å². The molecule has 24 heavy (non-hydrogen) atoms. The van der Waals surface area contributed by atoms with Gasteiger partial charge in [0, 0.05) is 11.6 Å². The Bertz CT molecular complexity index is 738. The minimum absolute atomic E-state index is 0.00942. The van der Waals surface area contributed by atoms with E-state index in [2.05, 4.69) is 13.8 Å². The maximum absolute atomic E-state index is 11.8. The molecule has 2 rings (SSSR count). The van der Waals surface area contributed by atoms with Crippen LogP contribution in [0.2, 0.25) is 0 Å². The summed E-state index contributed by atoms with van der Waals surface area (Å²) in [7, 11) is 0. The van der Waals surface area contributed by atoms with Crippen molar-refractivity contribution in [3.8, 4) is 11.5 Å². The highest BCUT2D eigenvalue weighted by Gasteiger charge is 2.12. The molecule has 0 fully saturated rings. The van der Waals surface area contributed by atoms with Crippen LogP contribution in [0.3, 0.4) is 0 Å². The van der Waals surface area contributed by atoms with Crippen LogP contribution in [0.4, 0.5) is 5.69 Å².